The molecule has 0 bridgehead atoms. The van der Waals surface area contributed by atoms with E-state index in [1.165, 1.54) is 0 Å². The van der Waals surface area contributed by atoms with Crippen molar-refractivity contribution in [1.82, 2.24) is 9.78 Å². The first-order valence-electron chi connectivity index (χ1n) is 6.91. The van der Waals surface area contributed by atoms with E-state index in [0.717, 1.165) is 25.0 Å². The predicted molar refractivity (Wildman–Crippen MR) is 75.2 cm³/mol. The molecule has 1 aromatic rings. The van der Waals surface area contributed by atoms with Gasteiger partial charge in [-0.2, -0.15) is 5.10 Å². The number of aliphatic hydroxyl groups is 1. The van der Waals surface area contributed by atoms with Gasteiger partial charge in [0.2, 0.25) is 0 Å². The second kappa shape index (κ2) is 5.81. The number of ether oxygens (including phenoxy) is 1. The van der Waals surface area contributed by atoms with Crippen LogP contribution in [0.2, 0.25) is 5.02 Å². The van der Waals surface area contributed by atoms with Crippen molar-refractivity contribution in [3.05, 3.63) is 16.9 Å². The van der Waals surface area contributed by atoms with Gasteiger partial charge >= 0.3 is 0 Å². The van der Waals surface area contributed by atoms with Crippen LogP contribution in [0.1, 0.15) is 38.8 Å². The highest BCUT2D eigenvalue weighted by Gasteiger charge is 2.41. The van der Waals surface area contributed by atoms with Gasteiger partial charge in [-0.05, 0) is 31.1 Å². The van der Waals surface area contributed by atoms with Gasteiger partial charge in [-0.1, -0.05) is 25.4 Å². The van der Waals surface area contributed by atoms with Crippen LogP contribution in [-0.2, 0) is 16.9 Å². The van der Waals surface area contributed by atoms with Crippen molar-refractivity contribution in [2.75, 3.05) is 13.7 Å². The molecular weight excluding hydrogens is 264 g/mol. The number of rotatable bonds is 4. The van der Waals surface area contributed by atoms with E-state index >= 15 is 0 Å². The fourth-order valence-corrected chi connectivity index (χ4v) is 3.29. The Bertz CT molecular complexity index is 435. The Morgan fingerprint density at radius 2 is 2.26 bits per heavy atom. The standard InChI is InChI=1S/C14H23ClN2O2/c1-10-4-5-14(18,8-11(10)2)13-12(15)9-16-17(13)6-7-19-3/h9-11,18H,4-8H2,1-3H3. The quantitative estimate of drug-likeness (QED) is 0.926. The van der Waals surface area contributed by atoms with Gasteiger partial charge in [-0.15, -0.1) is 0 Å². The summed E-state index contributed by atoms with van der Waals surface area (Å²) in [6.07, 6.45) is 4.13. The molecule has 0 amide bonds. The zero-order valence-electron chi connectivity index (χ0n) is 11.9. The summed E-state index contributed by atoms with van der Waals surface area (Å²) in [7, 11) is 1.66. The molecule has 0 saturated heterocycles. The minimum absolute atomic E-state index is 0.487. The molecule has 0 radical (unpaired) electrons. The molecule has 0 aliphatic heterocycles. The van der Waals surface area contributed by atoms with E-state index in [1.807, 2.05) is 0 Å². The third kappa shape index (κ3) is 2.96. The molecule has 0 aromatic carbocycles. The number of hydrogen-bond acceptors (Lipinski definition) is 3. The highest BCUT2D eigenvalue weighted by molar-refractivity contribution is 6.31. The number of hydrogen-bond donors (Lipinski definition) is 1. The summed E-state index contributed by atoms with van der Waals surface area (Å²) in [6.45, 7) is 5.62. The maximum absolute atomic E-state index is 11.0. The van der Waals surface area contributed by atoms with Crippen LogP contribution < -0.4 is 0 Å². The second-order valence-electron chi connectivity index (χ2n) is 5.79. The minimum Gasteiger partial charge on any atom is -0.384 e. The first-order chi connectivity index (χ1) is 8.98. The first-order valence-corrected chi connectivity index (χ1v) is 7.29. The molecule has 5 heteroatoms. The molecule has 1 saturated carbocycles. The molecule has 1 aliphatic carbocycles. The topological polar surface area (TPSA) is 47.3 Å². The van der Waals surface area contributed by atoms with E-state index in [-0.39, 0.29) is 0 Å². The Balaban J connectivity index is 2.27. The Morgan fingerprint density at radius 1 is 1.53 bits per heavy atom. The monoisotopic (exact) mass is 286 g/mol. The van der Waals surface area contributed by atoms with Crippen molar-refractivity contribution in [3.8, 4) is 0 Å². The molecular formula is C14H23ClN2O2. The molecule has 3 unspecified atom stereocenters. The molecule has 1 N–H and O–H groups in total. The van der Waals surface area contributed by atoms with Gasteiger partial charge < -0.3 is 9.84 Å². The summed E-state index contributed by atoms with van der Waals surface area (Å²) < 4.78 is 6.87. The predicted octanol–water partition coefficient (Wildman–Crippen LogP) is 2.83. The smallest absolute Gasteiger partial charge is 0.108 e. The molecule has 3 atom stereocenters. The summed E-state index contributed by atoms with van der Waals surface area (Å²) >= 11 is 6.25. The SMILES string of the molecule is COCCn1ncc(Cl)c1C1(O)CCC(C)C(C)C1. The molecule has 19 heavy (non-hydrogen) atoms. The van der Waals surface area contributed by atoms with E-state index in [2.05, 4.69) is 18.9 Å². The zero-order chi connectivity index (χ0) is 14.0. The maximum atomic E-state index is 11.0. The van der Waals surface area contributed by atoms with E-state index in [4.69, 9.17) is 16.3 Å². The number of aromatic nitrogens is 2. The molecule has 1 heterocycles. The van der Waals surface area contributed by atoms with Crippen molar-refractivity contribution in [1.29, 1.82) is 0 Å². The maximum Gasteiger partial charge on any atom is 0.108 e. The van der Waals surface area contributed by atoms with Crippen molar-refractivity contribution in [3.63, 3.8) is 0 Å². The zero-order valence-corrected chi connectivity index (χ0v) is 12.7. The van der Waals surface area contributed by atoms with Crippen LogP contribution in [0, 0.1) is 11.8 Å². The lowest BCUT2D eigenvalue weighted by Crippen LogP contribution is -2.37. The van der Waals surface area contributed by atoms with Gasteiger partial charge in [-0.25, -0.2) is 0 Å². The lowest BCUT2D eigenvalue weighted by Gasteiger charge is -2.39. The van der Waals surface area contributed by atoms with E-state index < -0.39 is 5.60 Å². The normalized spacial score (nSPS) is 31.6. The summed E-state index contributed by atoms with van der Waals surface area (Å²) in [6, 6.07) is 0. The Labute approximate surface area is 119 Å². The molecule has 0 spiro atoms. The van der Waals surface area contributed by atoms with Crippen molar-refractivity contribution < 1.29 is 9.84 Å². The Hall–Kier alpha value is -0.580. The average molecular weight is 287 g/mol. The number of nitrogens with zero attached hydrogens (tertiary/aromatic N) is 2. The molecule has 1 aromatic heterocycles. The third-order valence-corrected chi connectivity index (χ3v) is 4.66. The van der Waals surface area contributed by atoms with E-state index in [1.54, 1.807) is 18.0 Å². The fraction of sp³-hybridized carbons (Fsp3) is 0.786. The number of methoxy groups -OCH3 is 1. The highest BCUT2D eigenvalue weighted by Crippen LogP contribution is 2.44. The lowest BCUT2D eigenvalue weighted by molar-refractivity contribution is -0.0409. The molecule has 108 valence electrons. The summed E-state index contributed by atoms with van der Waals surface area (Å²) in [4.78, 5) is 0. The Kier molecular flexibility index (Phi) is 4.54. The highest BCUT2D eigenvalue weighted by atomic mass is 35.5. The summed E-state index contributed by atoms with van der Waals surface area (Å²) in [5.41, 5.74) is -0.0993. The van der Waals surface area contributed by atoms with Gasteiger partial charge in [0.1, 0.15) is 5.60 Å². The van der Waals surface area contributed by atoms with Crippen molar-refractivity contribution >= 4 is 11.6 Å². The molecule has 1 aliphatic rings. The third-order valence-electron chi connectivity index (χ3n) is 4.39. The van der Waals surface area contributed by atoms with Crippen molar-refractivity contribution in [2.45, 2.75) is 45.3 Å². The van der Waals surface area contributed by atoms with Crippen LogP contribution in [0.15, 0.2) is 6.20 Å². The van der Waals surface area contributed by atoms with E-state index in [9.17, 15) is 5.11 Å². The largest absolute Gasteiger partial charge is 0.384 e. The van der Waals surface area contributed by atoms with Crippen LogP contribution in [0.5, 0.6) is 0 Å². The van der Waals surface area contributed by atoms with Gasteiger partial charge in [0.05, 0.1) is 30.1 Å². The van der Waals surface area contributed by atoms with Gasteiger partial charge in [-0.3, -0.25) is 4.68 Å². The van der Waals surface area contributed by atoms with Crippen LogP contribution in [0.3, 0.4) is 0 Å². The first kappa shape index (κ1) is 14.8. The van der Waals surface area contributed by atoms with Gasteiger partial charge in [0.25, 0.3) is 0 Å². The van der Waals surface area contributed by atoms with Gasteiger partial charge in [0, 0.05) is 7.11 Å². The molecule has 4 nitrogen and oxygen atoms in total. The average Bonchev–Trinajstić information content (AvgIpc) is 2.74. The minimum atomic E-state index is -0.854. The lowest BCUT2D eigenvalue weighted by atomic mass is 9.72. The van der Waals surface area contributed by atoms with Crippen molar-refractivity contribution in [2.24, 2.45) is 11.8 Å². The fourth-order valence-electron chi connectivity index (χ4n) is 2.97. The summed E-state index contributed by atoms with van der Waals surface area (Å²) in [5.74, 6) is 1.13. The van der Waals surface area contributed by atoms with E-state index in [0.29, 0.717) is 30.0 Å². The second-order valence-corrected chi connectivity index (χ2v) is 6.19. The van der Waals surface area contributed by atoms with Crippen LogP contribution in [0.25, 0.3) is 0 Å². The van der Waals surface area contributed by atoms with Crippen LogP contribution >= 0.6 is 11.6 Å². The number of halogens is 1. The van der Waals surface area contributed by atoms with Crippen LogP contribution in [-0.4, -0.2) is 28.6 Å². The van der Waals surface area contributed by atoms with Gasteiger partial charge in [0.15, 0.2) is 0 Å². The molecule has 1 fully saturated rings. The Morgan fingerprint density at radius 3 is 2.89 bits per heavy atom. The van der Waals surface area contributed by atoms with Crippen LogP contribution in [0.4, 0.5) is 0 Å². The summed E-state index contributed by atoms with van der Waals surface area (Å²) in [5, 5.41) is 15.8. The molecule has 2 rings (SSSR count).